The Labute approximate surface area is 170 Å². The molecule has 9 heteroatoms. The molecule has 2 N–H and O–H groups in total. The third kappa shape index (κ3) is 3.40. The molecule has 0 radical (unpaired) electrons. The lowest BCUT2D eigenvalue weighted by Crippen LogP contribution is -2.51. The second-order valence-corrected chi connectivity index (χ2v) is 10.9. The van der Waals surface area contributed by atoms with Crippen LogP contribution in [0.25, 0.3) is 0 Å². The van der Waals surface area contributed by atoms with Gasteiger partial charge in [0.15, 0.2) is 0 Å². The molecule has 29 heavy (non-hydrogen) atoms. The molecule has 3 saturated heterocycles. The highest BCUT2D eigenvalue weighted by atomic mass is 32.2. The lowest BCUT2D eigenvalue weighted by molar-refractivity contribution is -0.0545. The van der Waals surface area contributed by atoms with Crippen molar-refractivity contribution in [1.29, 1.82) is 0 Å². The monoisotopic (exact) mass is 427 g/mol. The van der Waals surface area contributed by atoms with Gasteiger partial charge in [-0.15, -0.1) is 0 Å². The zero-order chi connectivity index (χ0) is 20.3. The highest BCUT2D eigenvalue weighted by Gasteiger charge is 2.52. The summed E-state index contributed by atoms with van der Waals surface area (Å²) in [7, 11) is -3.16. The average Bonchev–Trinajstić information content (AvgIpc) is 3.34. The fraction of sp³-hybridized carbons (Fsp3) is 0.700. The third-order valence-corrected chi connectivity index (χ3v) is 9.40. The first-order valence-corrected chi connectivity index (χ1v) is 11.9. The smallest absolute Gasteiger partial charge is 0.217 e. The van der Waals surface area contributed by atoms with Gasteiger partial charge in [0, 0.05) is 42.8 Å². The summed E-state index contributed by atoms with van der Waals surface area (Å²) in [5.74, 6) is -1.02. The van der Waals surface area contributed by atoms with Gasteiger partial charge in [-0.05, 0) is 50.3 Å². The number of benzene rings is 1. The number of nitrogens with two attached hydrogens (primary N) is 1. The van der Waals surface area contributed by atoms with E-state index in [1.165, 1.54) is 0 Å². The molecule has 3 heterocycles. The van der Waals surface area contributed by atoms with Gasteiger partial charge >= 0.3 is 0 Å². The summed E-state index contributed by atoms with van der Waals surface area (Å²) >= 11 is 0. The summed E-state index contributed by atoms with van der Waals surface area (Å²) in [5, 5.41) is -0.177. The number of hydrogen-bond donors (Lipinski definition) is 1. The summed E-state index contributed by atoms with van der Waals surface area (Å²) in [6.45, 7) is 1.78. The van der Waals surface area contributed by atoms with Crippen molar-refractivity contribution < 1.29 is 21.9 Å². The van der Waals surface area contributed by atoms with Crippen LogP contribution >= 0.6 is 0 Å². The number of hydrogen-bond acceptors (Lipinski definition) is 5. The second-order valence-electron chi connectivity index (χ2n) is 8.78. The van der Waals surface area contributed by atoms with E-state index in [1.54, 1.807) is 4.31 Å². The number of ether oxygens (including phenoxy) is 1. The summed E-state index contributed by atoms with van der Waals surface area (Å²) in [6, 6.07) is 3.19. The summed E-state index contributed by atoms with van der Waals surface area (Å²) in [5.41, 5.74) is 6.49. The third-order valence-electron chi connectivity index (χ3n) is 6.98. The van der Waals surface area contributed by atoms with E-state index >= 15 is 0 Å². The zero-order valence-corrected chi connectivity index (χ0v) is 17.0. The molecule has 0 spiro atoms. The van der Waals surface area contributed by atoms with Gasteiger partial charge in [0.05, 0.1) is 11.9 Å². The maximum atomic E-state index is 14.2. The predicted octanol–water partition coefficient (Wildman–Crippen LogP) is 1.76. The lowest BCUT2D eigenvalue weighted by atomic mass is 9.93. The average molecular weight is 428 g/mol. The Morgan fingerprint density at radius 1 is 1.07 bits per heavy atom. The van der Waals surface area contributed by atoms with Crippen LogP contribution in [0.4, 0.5) is 8.78 Å². The van der Waals surface area contributed by atoms with Crippen LogP contribution in [-0.2, 0) is 14.8 Å². The van der Waals surface area contributed by atoms with E-state index in [4.69, 9.17) is 10.5 Å². The molecule has 3 aliphatic heterocycles. The van der Waals surface area contributed by atoms with E-state index in [0.29, 0.717) is 19.6 Å². The number of nitrogens with zero attached hydrogens (tertiary/aromatic N) is 2. The Balaban J connectivity index is 1.27. The predicted molar refractivity (Wildman–Crippen MR) is 104 cm³/mol. The highest BCUT2D eigenvalue weighted by Crippen LogP contribution is 2.41. The molecular formula is C20H27F2N3O3S. The van der Waals surface area contributed by atoms with Crippen LogP contribution < -0.4 is 5.73 Å². The van der Waals surface area contributed by atoms with E-state index < -0.39 is 33.8 Å². The molecule has 0 amide bonds. The van der Waals surface area contributed by atoms with Crippen molar-refractivity contribution in [2.45, 2.75) is 67.6 Å². The standard InChI is InChI=1S/C20H27F2N3O3S/c21-12-1-4-16(22)15(9-12)20-17(23)10-13(11-28-20)24-7-5-19-18(24)6-8-25(19)29(26,27)14-2-3-14/h1,4,9,13-14,17-20H,2-3,5-8,10-11,23H2. The van der Waals surface area contributed by atoms with E-state index in [2.05, 4.69) is 4.90 Å². The molecule has 1 aromatic carbocycles. The first kappa shape index (κ1) is 19.8. The summed E-state index contributed by atoms with van der Waals surface area (Å²) in [4.78, 5) is 2.34. The van der Waals surface area contributed by atoms with Crippen LogP contribution in [-0.4, -0.2) is 66.7 Å². The molecule has 0 aromatic heterocycles. The van der Waals surface area contributed by atoms with Crippen LogP contribution in [0, 0.1) is 11.6 Å². The Morgan fingerprint density at radius 3 is 2.55 bits per heavy atom. The van der Waals surface area contributed by atoms with Gasteiger partial charge in [0.1, 0.15) is 17.7 Å². The van der Waals surface area contributed by atoms with Gasteiger partial charge in [0.25, 0.3) is 0 Å². The quantitative estimate of drug-likeness (QED) is 0.793. The van der Waals surface area contributed by atoms with Gasteiger partial charge in [-0.2, -0.15) is 4.31 Å². The minimum atomic E-state index is -3.16. The van der Waals surface area contributed by atoms with Gasteiger partial charge in [-0.3, -0.25) is 4.90 Å². The molecule has 1 aliphatic carbocycles. The van der Waals surface area contributed by atoms with Crippen LogP contribution in [0.2, 0.25) is 0 Å². The summed E-state index contributed by atoms with van der Waals surface area (Å²) in [6.07, 6.45) is 3.15. The minimum Gasteiger partial charge on any atom is -0.370 e. The van der Waals surface area contributed by atoms with Crippen molar-refractivity contribution in [2.24, 2.45) is 5.73 Å². The number of sulfonamides is 1. The van der Waals surface area contributed by atoms with Crippen molar-refractivity contribution in [3.63, 3.8) is 0 Å². The molecule has 0 bridgehead atoms. The van der Waals surface area contributed by atoms with Gasteiger partial charge in [0.2, 0.25) is 10.0 Å². The van der Waals surface area contributed by atoms with Crippen molar-refractivity contribution in [3.05, 3.63) is 35.4 Å². The second kappa shape index (κ2) is 7.23. The Kier molecular flexibility index (Phi) is 4.94. The van der Waals surface area contributed by atoms with Gasteiger partial charge in [-0.25, -0.2) is 17.2 Å². The summed E-state index contributed by atoms with van der Waals surface area (Å²) < 4.78 is 60.8. The maximum absolute atomic E-state index is 14.2. The van der Waals surface area contributed by atoms with Crippen molar-refractivity contribution in [3.8, 4) is 0 Å². The first-order chi connectivity index (χ1) is 13.9. The van der Waals surface area contributed by atoms with Crippen molar-refractivity contribution in [2.75, 3.05) is 19.7 Å². The molecule has 4 fully saturated rings. The fourth-order valence-corrected chi connectivity index (χ4v) is 7.53. The van der Waals surface area contributed by atoms with Crippen LogP contribution in [0.15, 0.2) is 18.2 Å². The van der Waals surface area contributed by atoms with Crippen LogP contribution in [0.1, 0.15) is 43.8 Å². The Bertz CT molecular complexity index is 895. The maximum Gasteiger partial charge on any atom is 0.217 e. The molecule has 5 atom stereocenters. The molecular weight excluding hydrogens is 400 g/mol. The highest BCUT2D eigenvalue weighted by molar-refractivity contribution is 7.90. The molecule has 5 unspecified atom stereocenters. The molecule has 4 aliphatic rings. The van der Waals surface area contributed by atoms with Crippen LogP contribution in [0.5, 0.6) is 0 Å². The van der Waals surface area contributed by atoms with Gasteiger partial charge in [-0.1, -0.05) is 0 Å². The molecule has 160 valence electrons. The first-order valence-electron chi connectivity index (χ1n) is 10.4. The normalized spacial score (nSPS) is 36.4. The topological polar surface area (TPSA) is 75.9 Å². The van der Waals surface area contributed by atoms with E-state index in [9.17, 15) is 17.2 Å². The SMILES string of the molecule is NC1CC(N2CCC3C2CCN3S(=O)(=O)C2CC2)COC1c1cc(F)ccc1F. The number of likely N-dealkylation sites (tertiary alicyclic amines) is 1. The zero-order valence-electron chi connectivity index (χ0n) is 16.2. The number of rotatable bonds is 4. The Hall–Kier alpha value is -1.13. The van der Waals surface area contributed by atoms with Gasteiger partial charge < -0.3 is 10.5 Å². The van der Waals surface area contributed by atoms with E-state index in [0.717, 1.165) is 50.4 Å². The Morgan fingerprint density at radius 2 is 1.83 bits per heavy atom. The molecule has 1 saturated carbocycles. The van der Waals surface area contributed by atoms with E-state index in [1.807, 2.05) is 0 Å². The van der Waals surface area contributed by atoms with Crippen molar-refractivity contribution in [1.82, 2.24) is 9.21 Å². The van der Waals surface area contributed by atoms with Crippen LogP contribution in [0.3, 0.4) is 0 Å². The van der Waals surface area contributed by atoms with E-state index in [-0.39, 0.29) is 28.9 Å². The lowest BCUT2D eigenvalue weighted by Gasteiger charge is -2.40. The fourth-order valence-electron chi connectivity index (χ4n) is 5.44. The number of halogens is 2. The largest absolute Gasteiger partial charge is 0.370 e. The molecule has 1 aromatic rings. The molecule has 6 nitrogen and oxygen atoms in total. The number of fused-ring (bicyclic) bond motifs is 1. The minimum absolute atomic E-state index is 0.0372. The molecule has 5 rings (SSSR count). The van der Waals surface area contributed by atoms with Crippen molar-refractivity contribution >= 4 is 10.0 Å².